The molecule has 4 rings (SSSR count). The Kier molecular flexibility index (Phi) is 4.60. The number of Topliss-reactive ketones (excluding diaryl/α,β-unsaturated/α-hetero) is 1. The number of hydrogen-bond donors (Lipinski definition) is 1. The molecular weight excluding hydrogens is 342 g/mol. The zero-order chi connectivity index (χ0) is 18.9. The summed E-state index contributed by atoms with van der Waals surface area (Å²) >= 11 is 0. The van der Waals surface area contributed by atoms with Gasteiger partial charge in [0.15, 0.2) is 17.3 Å². The second-order valence-corrected chi connectivity index (χ2v) is 7.32. The third kappa shape index (κ3) is 3.82. The monoisotopic (exact) mass is 365 g/mol. The van der Waals surface area contributed by atoms with Gasteiger partial charge < -0.3 is 14.8 Å². The van der Waals surface area contributed by atoms with Gasteiger partial charge in [-0.05, 0) is 31.9 Å². The SMILES string of the molecule is Cc1ccc(C(=O)CCC(=O)Nc2ccc3c(c2)OC2(CCCC2)O3)cc1. The van der Waals surface area contributed by atoms with E-state index in [-0.39, 0.29) is 24.5 Å². The molecule has 0 unspecified atom stereocenters. The summed E-state index contributed by atoms with van der Waals surface area (Å²) < 4.78 is 12.0. The molecule has 1 spiro atoms. The van der Waals surface area contributed by atoms with Crippen LogP contribution in [0.5, 0.6) is 11.5 Å². The quantitative estimate of drug-likeness (QED) is 0.784. The van der Waals surface area contributed by atoms with Crippen LogP contribution in [0.1, 0.15) is 54.4 Å². The number of aryl methyl sites for hydroxylation is 1. The maximum Gasteiger partial charge on any atom is 0.251 e. The van der Waals surface area contributed by atoms with Crippen molar-refractivity contribution in [3.8, 4) is 11.5 Å². The molecule has 1 aliphatic heterocycles. The Morgan fingerprint density at radius 2 is 1.67 bits per heavy atom. The summed E-state index contributed by atoms with van der Waals surface area (Å²) in [7, 11) is 0. The van der Waals surface area contributed by atoms with Gasteiger partial charge in [-0.25, -0.2) is 0 Å². The van der Waals surface area contributed by atoms with Gasteiger partial charge in [-0.2, -0.15) is 0 Å². The van der Waals surface area contributed by atoms with E-state index in [1.807, 2.05) is 25.1 Å². The smallest absolute Gasteiger partial charge is 0.251 e. The number of benzene rings is 2. The van der Waals surface area contributed by atoms with E-state index in [2.05, 4.69) is 5.32 Å². The highest BCUT2D eigenvalue weighted by molar-refractivity contribution is 6.00. The number of rotatable bonds is 5. The molecule has 0 atom stereocenters. The Morgan fingerprint density at radius 1 is 0.963 bits per heavy atom. The van der Waals surface area contributed by atoms with Gasteiger partial charge in [-0.3, -0.25) is 9.59 Å². The second-order valence-electron chi connectivity index (χ2n) is 7.32. The summed E-state index contributed by atoms with van der Waals surface area (Å²) in [5, 5.41) is 2.84. The number of ether oxygens (including phenoxy) is 2. The molecule has 0 bridgehead atoms. The zero-order valence-corrected chi connectivity index (χ0v) is 15.4. The molecule has 0 aromatic heterocycles. The third-order valence-electron chi connectivity index (χ3n) is 5.14. The Labute approximate surface area is 158 Å². The Balaban J connectivity index is 1.33. The van der Waals surface area contributed by atoms with Crippen LogP contribution in [0.2, 0.25) is 0 Å². The highest BCUT2D eigenvalue weighted by Gasteiger charge is 2.44. The van der Waals surface area contributed by atoms with Gasteiger partial charge in [0.05, 0.1) is 0 Å². The highest BCUT2D eigenvalue weighted by atomic mass is 16.7. The van der Waals surface area contributed by atoms with Crippen LogP contribution in [-0.2, 0) is 4.79 Å². The van der Waals surface area contributed by atoms with E-state index in [1.54, 1.807) is 24.3 Å². The van der Waals surface area contributed by atoms with Crippen LogP contribution < -0.4 is 14.8 Å². The predicted octanol–water partition coefficient (Wildman–Crippen LogP) is 4.64. The topological polar surface area (TPSA) is 64.6 Å². The van der Waals surface area contributed by atoms with Gasteiger partial charge in [0.1, 0.15) is 0 Å². The van der Waals surface area contributed by atoms with Crippen molar-refractivity contribution in [1.29, 1.82) is 0 Å². The maximum absolute atomic E-state index is 12.2. The number of carbonyl (C=O) groups excluding carboxylic acids is 2. The number of fused-ring (bicyclic) bond motifs is 1. The molecule has 1 fully saturated rings. The minimum Gasteiger partial charge on any atom is -0.448 e. The molecule has 2 aromatic carbocycles. The van der Waals surface area contributed by atoms with Gasteiger partial charge >= 0.3 is 0 Å². The lowest BCUT2D eigenvalue weighted by Gasteiger charge is -2.21. The van der Waals surface area contributed by atoms with Crippen LogP contribution >= 0.6 is 0 Å². The standard InChI is InChI=1S/C22H23NO4/c1-15-4-6-16(7-5-15)18(24)9-11-21(25)23-17-8-10-19-20(14-17)27-22(26-19)12-2-3-13-22/h4-8,10,14H,2-3,9,11-13H2,1H3,(H,23,25). The van der Waals surface area contributed by atoms with E-state index in [0.717, 1.165) is 37.0 Å². The van der Waals surface area contributed by atoms with Crippen molar-refractivity contribution in [2.75, 3.05) is 5.32 Å². The number of amides is 1. The lowest BCUT2D eigenvalue weighted by Crippen LogP contribution is -2.34. The molecule has 0 saturated heterocycles. The van der Waals surface area contributed by atoms with Crippen LogP contribution in [0.15, 0.2) is 42.5 Å². The summed E-state index contributed by atoms with van der Waals surface area (Å²) in [5.41, 5.74) is 2.39. The molecule has 27 heavy (non-hydrogen) atoms. The number of hydrogen-bond acceptors (Lipinski definition) is 4. The number of carbonyl (C=O) groups is 2. The van der Waals surface area contributed by atoms with Gasteiger partial charge in [-0.1, -0.05) is 29.8 Å². The first-order chi connectivity index (χ1) is 13.0. The van der Waals surface area contributed by atoms with Crippen LogP contribution in [0.25, 0.3) is 0 Å². The number of anilines is 1. The van der Waals surface area contributed by atoms with E-state index in [1.165, 1.54) is 0 Å². The van der Waals surface area contributed by atoms with Crippen LogP contribution in [0, 0.1) is 6.92 Å². The number of ketones is 1. The molecule has 140 valence electrons. The second kappa shape index (κ2) is 7.06. The molecule has 2 aliphatic rings. The van der Waals surface area contributed by atoms with Crippen LogP contribution in [0.4, 0.5) is 5.69 Å². The van der Waals surface area contributed by atoms with Gasteiger partial charge in [0, 0.05) is 43.0 Å². The first-order valence-electron chi connectivity index (χ1n) is 9.45. The minimum absolute atomic E-state index is 0.0287. The molecule has 1 heterocycles. The predicted molar refractivity (Wildman–Crippen MR) is 102 cm³/mol. The zero-order valence-electron chi connectivity index (χ0n) is 15.4. The fourth-order valence-electron chi connectivity index (χ4n) is 3.62. The van der Waals surface area contributed by atoms with E-state index in [9.17, 15) is 9.59 Å². The van der Waals surface area contributed by atoms with Crippen molar-refractivity contribution in [3.63, 3.8) is 0 Å². The van der Waals surface area contributed by atoms with Crippen molar-refractivity contribution in [2.45, 2.75) is 51.2 Å². The third-order valence-corrected chi connectivity index (χ3v) is 5.14. The van der Waals surface area contributed by atoms with Crippen molar-refractivity contribution >= 4 is 17.4 Å². The average molecular weight is 365 g/mol. The summed E-state index contributed by atoms with van der Waals surface area (Å²) in [6.45, 7) is 1.97. The lowest BCUT2D eigenvalue weighted by atomic mass is 10.0. The summed E-state index contributed by atoms with van der Waals surface area (Å²) in [6.07, 6.45) is 4.32. The molecule has 1 saturated carbocycles. The van der Waals surface area contributed by atoms with Crippen molar-refractivity contribution in [1.82, 2.24) is 0 Å². The van der Waals surface area contributed by atoms with E-state index in [4.69, 9.17) is 9.47 Å². The molecule has 5 nitrogen and oxygen atoms in total. The molecule has 1 aliphatic carbocycles. The molecule has 2 aromatic rings. The van der Waals surface area contributed by atoms with Gasteiger partial charge in [-0.15, -0.1) is 0 Å². The van der Waals surface area contributed by atoms with Crippen molar-refractivity contribution in [3.05, 3.63) is 53.6 Å². The van der Waals surface area contributed by atoms with Gasteiger partial charge in [0.2, 0.25) is 5.91 Å². The lowest BCUT2D eigenvalue weighted by molar-refractivity contribution is -0.116. The average Bonchev–Trinajstić information content (AvgIpc) is 3.26. The normalized spacial score (nSPS) is 16.5. The largest absolute Gasteiger partial charge is 0.448 e. The first kappa shape index (κ1) is 17.6. The summed E-state index contributed by atoms with van der Waals surface area (Å²) in [6, 6.07) is 12.8. The summed E-state index contributed by atoms with van der Waals surface area (Å²) in [4.78, 5) is 24.4. The van der Waals surface area contributed by atoms with Gasteiger partial charge in [0.25, 0.3) is 5.79 Å². The Morgan fingerprint density at radius 3 is 2.41 bits per heavy atom. The molecule has 0 radical (unpaired) electrons. The summed E-state index contributed by atoms with van der Waals surface area (Å²) in [5.74, 6) is 0.671. The van der Waals surface area contributed by atoms with Crippen LogP contribution in [0.3, 0.4) is 0 Å². The maximum atomic E-state index is 12.2. The van der Waals surface area contributed by atoms with Crippen LogP contribution in [-0.4, -0.2) is 17.5 Å². The van der Waals surface area contributed by atoms with Crippen molar-refractivity contribution in [2.24, 2.45) is 0 Å². The fourth-order valence-corrected chi connectivity index (χ4v) is 3.62. The van der Waals surface area contributed by atoms with E-state index in [0.29, 0.717) is 17.0 Å². The first-order valence-corrected chi connectivity index (χ1v) is 9.45. The molecular formula is C22H23NO4. The highest BCUT2D eigenvalue weighted by Crippen LogP contribution is 2.47. The molecule has 1 N–H and O–H groups in total. The van der Waals surface area contributed by atoms with E-state index < -0.39 is 5.79 Å². The van der Waals surface area contributed by atoms with Crippen molar-refractivity contribution < 1.29 is 19.1 Å². The van der Waals surface area contributed by atoms with E-state index >= 15 is 0 Å². The number of nitrogens with one attached hydrogen (secondary N) is 1. The fraction of sp³-hybridized carbons (Fsp3) is 0.364. The molecule has 5 heteroatoms. The Hall–Kier alpha value is -2.82. The molecule has 1 amide bonds. The Bertz CT molecular complexity index is 866. The minimum atomic E-state index is -0.509.